The summed E-state index contributed by atoms with van der Waals surface area (Å²) in [7, 11) is 0. The lowest BCUT2D eigenvalue weighted by Gasteiger charge is -2.53. The van der Waals surface area contributed by atoms with Gasteiger partial charge in [0.2, 0.25) is 0 Å². The predicted molar refractivity (Wildman–Crippen MR) is 291 cm³/mol. The van der Waals surface area contributed by atoms with Crippen LogP contribution in [0.1, 0.15) is 147 Å². The van der Waals surface area contributed by atoms with E-state index < -0.39 is 0 Å². The number of para-hydroxylation sites is 1. The Bertz CT molecular complexity index is 3250. The Morgan fingerprint density at radius 1 is 0.485 bits per heavy atom. The molecule has 3 aliphatic carbocycles. The summed E-state index contributed by atoms with van der Waals surface area (Å²) in [5, 5.41) is 0. The zero-order chi connectivity index (χ0) is 46.7. The van der Waals surface area contributed by atoms with Crippen LogP contribution in [0.2, 0.25) is 0 Å². The Morgan fingerprint density at radius 3 is 1.85 bits per heavy atom. The number of hydrogen-bond donors (Lipinski definition) is 0. The molecule has 0 aromatic heterocycles. The predicted octanol–water partition coefficient (Wildman–Crippen LogP) is 16.0. The van der Waals surface area contributed by atoms with Gasteiger partial charge in [-0.05, 0) is 170 Å². The number of rotatable bonds is 6. The van der Waals surface area contributed by atoms with Crippen molar-refractivity contribution < 1.29 is 0 Å². The first-order valence-electron chi connectivity index (χ1n) is 26.2. The van der Waals surface area contributed by atoms with Crippen molar-refractivity contribution in [2.45, 2.75) is 147 Å². The molecule has 3 aliphatic heterocycles. The maximum absolute atomic E-state index is 2.93. The molecule has 7 aromatic rings. The number of anilines is 4. The van der Waals surface area contributed by atoms with Crippen molar-refractivity contribution in [1.29, 1.82) is 0 Å². The average molecular weight is 887 g/mol. The number of unbranched alkanes of at least 4 members (excludes halogenated alkanes) is 1. The molecule has 0 radical (unpaired) electrons. The second-order valence-electron chi connectivity index (χ2n) is 24.1. The first-order chi connectivity index (χ1) is 32.7. The molecule has 7 aromatic carbocycles. The SMILES string of the molecule is CCCCc1cc2c3c(c1)C1(C)CCCCC1(C)N3c1cc(-c3ccccc3)cc3c1B2N(c1ccccc1-c1ccccc1)c1cc2c(cc1-3)C(C)(C)c1cc3c(cc1-2)C(C)(C)CCC3(C)C. The van der Waals surface area contributed by atoms with Gasteiger partial charge in [0.25, 0.3) is 0 Å². The van der Waals surface area contributed by atoms with E-state index in [1.165, 1.54) is 152 Å². The molecule has 1 saturated carbocycles. The van der Waals surface area contributed by atoms with Gasteiger partial charge in [-0.25, -0.2) is 0 Å². The van der Waals surface area contributed by atoms with Crippen molar-refractivity contribution in [3.63, 3.8) is 0 Å². The summed E-state index contributed by atoms with van der Waals surface area (Å²) in [6, 6.07) is 53.0. The normalized spacial score (nSPS) is 22.4. The summed E-state index contributed by atoms with van der Waals surface area (Å²) >= 11 is 0. The zero-order valence-corrected chi connectivity index (χ0v) is 42.0. The third-order valence-corrected chi connectivity index (χ3v) is 19.0. The molecule has 13 rings (SSSR count). The maximum Gasteiger partial charge on any atom is 0.333 e. The number of aryl methyl sites for hydroxylation is 1. The number of benzene rings is 7. The minimum atomic E-state index is -0.171. The summed E-state index contributed by atoms with van der Waals surface area (Å²) in [5.74, 6) is 0. The minimum absolute atomic E-state index is 0.0245. The molecule has 1 fully saturated rings. The first-order valence-corrected chi connectivity index (χ1v) is 26.2. The van der Waals surface area contributed by atoms with E-state index in [1.807, 2.05) is 0 Å². The van der Waals surface area contributed by atoms with E-state index in [0.717, 1.165) is 6.42 Å². The molecular weight excluding hydrogens is 820 g/mol. The van der Waals surface area contributed by atoms with Gasteiger partial charge < -0.3 is 9.71 Å². The molecule has 3 heteroatoms. The first kappa shape index (κ1) is 42.3. The molecule has 0 bridgehead atoms. The number of nitrogens with zero attached hydrogens (tertiary/aromatic N) is 2. The van der Waals surface area contributed by atoms with Crippen molar-refractivity contribution in [2.24, 2.45) is 0 Å². The van der Waals surface area contributed by atoms with Crippen LogP contribution in [0.15, 0.2) is 133 Å². The third kappa shape index (κ3) is 5.60. The highest BCUT2D eigenvalue weighted by Gasteiger charge is 2.62. The van der Waals surface area contributed by atoms with Crippen LogP contribution in [-0.2, 0) is 28.1 Å². The van der Waals surface area contributed by atoms with Gasteiger partial charge in [-0.2, -0.15) is 0 Å². The number of fused-ring (bicyclic) bond motifs is 11. The monoisotopic (exact) mass is 887 g/mol. The molecule has 340 valence electrons. The van der Waals surface area contributed by atoms with E-state index in [4.69, 9.17) is 0 Å². The van der Waals surface area contributed by atoms with Crippen LogP contribution in [-0.4, -0.2) is 12.4 Å². The Kier molecular flexibility index (Phi) is 8.95. The van der Waals surface area contributed by atoms with Gasteiger partial charge in [-0.3, -0.25) is 0 Å². The van der Waals surface area contributed by atoms with E-state index in [-0.39, 0.29) is 34.0 Å². The van der Waals surface area contributed by atoms with E-state index in [9.17, 15) is 0 Å². The summed E-state index contributed by atoms with van der Waals surface area (Å²) in [6.07, 6.45) is 10.9. The van der Waals surface area contributed by atoms with Gasteiger partial charge in [0.15, 0.2) is 0 Å². The molecule has 3 heterocycles. The van der Waals surface area contributed by atoms with Gasteiger partial charge in [0.05, 0.1) is 5.54 Å². The second-order valence-corrected chi connectivity index (χ2v) is 24.1. The fourth-order valence-corrected chi connectivity index (χ4v) is 14.8. The van der Waals surface area contributed by atoms with E-state index >= 15 is 0 Å². The van der Waals surface area contributed by atoms with Crippen LogP contribution < -0.4 is 20.6 Å². The molecule has 0 amide bonds. The Hall–Kier alpha value is -5.80. The molecule has 0 N–H and O–H groups in total. The lowest BCUT2D eigenvalue weighted by Crippen LogP contribution is -2.64. The summed E-state index contributed by atoms with van der Waals surface area (Å²) in [6.45, 7) is 22.5. The second kappa shape index (κ2) is 14.4. The molecule has 2 unspecified atom stereocenters. The van der Waals surface area contributed by atoms with Crippen LogP contribution >= 0.6 is 0 Å². The highest BCUT2D eigenvalue weighted by atomic mass is 15.3. The van der Waals surface area contributed by atoms with Gasteiger partial charge in [-0.15, -0.1) is 0 Å². The van der Waals surface area contributed by atoms with Crippen LogP contribution in [0, 0.1) is 0 Å². The van der Waals surface area contributed by atoms with Crippen molar-refractivity contribution >= 4 is 40.5 Å². The average Bonchev–Trinajstić information content (AvgIpc) is 3.69. The molecular formula is C65H67BN2. The summed E-state index contributed by atoms with van der Waals surface area (Å²) in [5.41, 5.74) is 28.3. The van der Waals surface area contributed by atoms with Gasteiger partial charge in [0.1, 0.15) is 0 Å². The summed E-state index contributed by atoms with van der Waals surface area (Å²) < 4.78 is 0. The van der Waals surface area contributed by atoms with E-state index in [1.54, 1.807) is 11.1 Å². The van der Waals surface area contributed by atoms with Crippen LogP contribution in [0.4, 0.5) is 22.7 Å². The summed E-state index contributed by atoms with van der Waals surface area (Å²) in [4.78, 5) is 5.77. The van der Waals surface area contributed by atoms with Crippen molar-refractivity contribution in [1.82, 2.24) is 0 Å². The van der Waals surface area contributed by atoms with Crippen LogP contribution in [0.5, 0.6) is 0 Å². The molecule has 2 nitrogen and oxygen atoms in total. The van der Waals surface area contributed by atoms with E-state index in [0.29, 0.717) is 0 Å². The Morgan fingerprint density at radius 2 is 1.12 bits per heavy atom. The molecule has 68 heavy (non-hydrogen) atoms. The zero-order valence-electron chi connectivity index (χ0n) is 42.0. The topological polar surface area (TPSA) is 6.48 Å². The highest BCUT2D eigenvalue weighted by Crippen LogP contribution is 2.64. The van der Waals surface area contributed by atoms with Crippen LogP contribution in [0.25, 0.3) is 44.5 Å². The standard InChI is InChI=1S/C65H67BN2/c1-10-11-22-41-33-54-60-55(34-41)66-59-49(35-44(42-23-14-12-15-24-42)36-58(59)67(60)65(9)30-21-20-29-64(54,65)8)48-38-50-47(39-57(48)68(66)56-28-19-18-27-45(56)43-25-16-13-17-26-43)46-37-52-53(40-51(46)63(50,6)7)62(4,5)32-31-61(52,2)3/h12-19,23-28,33-40H,10-11,20-22,29-32H2,1-9H3. The molecule has 2 atom stereocenters. The third-order valence-electron chi connectivity index (χ3n) is 19.0. The van der Waals surface area contributed by atoms with Crippen LogP contribution in [0.3, 0.4) is 0 Å². The fourth-order valence-electron chi connectivity index (χ4n) is 14.8. The number of hydrogen-bond acceptors (Lipinski definition) is 2. The molecule has 0 spiro atoms. The largest absolute Gasteiger partial charge is 0.376 e. The maximum atomic E-state index is 2.93. The van der Waals surface area contributed by atoms with Gasteiger partial charge in [-0.1, -0.05) is 172 Å². The van der Waals surface area contributed by atoms with Gasteiger partial charge >= 0.3 is 6.85 Å². The van der Waals surface area contributed by atoms with Crippen molar-refractivity contribution in [3.8, 4) is 44.5 Å². The highest BCUT2D eigenvalue weighted by molar-refractivity contribution is 6.93. The van der Waals surface area contributed by atoms with Gasteiger partial charge in [0, 0.05) is 44.7 Å². The molecule has 6 aliphatic rings. The molecule has 0 saturated heterocycles. The Labute approximate surface area is 406 Å². The fraction of sp³-hybridized carbons (Fsp3) is 0.354. The lowest BCUT2D eigenvalue weighted by atomic mass is 9.43. The lowest BCUT2D eigenvalue weighted by molar-refractivity contribution is 0.195. The smallest absolute Gasteiger partial charge is 0.333 e. The van der Waals surface area contributed by atoms with E-state index in [2.05, 4.69) is 205 Å². The quantitative estimate of drug-likeness (QED) is 0.154. The Balaban J connectivity index is 1.18. The van der Waals surface area contributed by atoms with Crippen molar-refractivity contribution in [3.05, 3.63) is 167 Å². The van der Waals surface area contributed by atoms with Crippen molar-refractivity contribution in [2.75, 3.05) is 9.71 Å². The minimum Gasteiger partial charge on any atom is -0.376 e.